The Bertz CT molecular complexity index is 428. The van der Waals surface area contributed by atoms with Crippen molar-refractivity contribution >= 4 is 21.6 Å². The molecule has 1 aromatic heterocycles. The zero-order chi connectivity index (χ0) is 12.3. The zero-order valence-corrected chi connectivity index (χ0v) is 11.5. The lowest BCUT2D eigenvalue weighted by atomic mass is 10.3. The van der Waals surface area contributed by atoms with Crippen molar-refractivity contribution in [3.63, 3.8) is 0 Å². The molecule has 1 fully saturated rings. The Morgan fingerprint density at radius 3 is 3.00 bits per heavy atom. The van der Waals surface area contributed by atoms with E-state index in [0.717, 1.165) is 12.2 Å². The fraction of sp³-hybridized carbons (Fsp3) is 0.636. The lowest BCUT2D eigenvalue weighted by molar-refractivity contribution is 0.269. The molecule has 2 heterocycles. The number of nitrogens with zero attached hydrogens (tertiary/aromatic N) is 2. The van der Waals surface area contributed by atoms with Gasteiger partial charge in [-0.3, -0.25) is 9.69 Å². The number of likely N-dealkylation sites (tertiary alicyclic amines) is 1. The van der Waals surface area contributed by atoms with Crippen LogP contribution in [0, 0.1) is 0 Å². The molecule has 0 aliphatic carbocycles. The van der Waals surface area contributed by atoms with E-state index in [0.29, 0.717) is 10.5 Å². The smallest absolute Gasteiger partial charge is 0.280 e. The van der Waals surface area contributed by atoms with Crippen LogP contribution < -0.4 is 10.9 Å². The molecular formula is C11H17BrN4O. The van der Waals surface area contributed by atoms with Gasteiger partial charge in [0.2, 0.25) is 0 Å². The largest absolute Gasteiger partial charge is 0.381 e. The van der Waals surface area contributed by atoms with Crippen molar-refractivity contribution in [2.45, 2.75) is 25.8 Å². The summed E-state index contributed by atoms with van der Waals surface area (Å²) in [6.07, 6.45) is 4.21. The van der Waals surface area contributed by atoms with Gasteiger partial charge >= 0.3 is 0 Å². The third kappa shape index (κ3) is 3.07. The molecule has 0 saturated carbocycles. The number of halogens is 1. The predicted molar refractivity (Wildman–Crippen MR) is 71.3 cm³/mol. The lowest BCUT2D eigenvalue weighted by Gasteiger charge is -2.24. The van der Waals surface area contributed by atoms with E-state index in [4.69, 9.17) is 0 Å². The molecule has 6 heteroatoms. The van der Waals surface area contributed by atoms with Crippen molar-refractivity contribution in [1.82, 2.24) is 15.1 Å². The third-order valence-corrected chi connectivity index (χ3v) is 3.93. The summed E-state index contributed by atoms with van der Waals surface area (Å²) in [5.74, 6) is 0. The molecule has 17 heavy (non-hydrogen) atoms. The average molecular weight is 301 g/mol. The summed E-state index contributed by atoms with van der Waals surface area (Å²) in [6, 6.07) is 0.476. The van der Waals surface area contributed by atoms with Crippen LogP contribution in [0.2, 0.25) is 0 Å². The van der Waals surface area contributed by atoms with E-state index in [1.165, 1.54) is 25.9 Å². The second kappa shape index (κ2) is 5.64. The van der Waals surface area contributed by atoms with Crippen LogP contribution in [0.5, 0.6) is 0 Å². The first-order valence-corrected chi connectivity index (χ1v) is 6.69. The van der Waals surface area contributed by atoms with Crippen molar-refractivity contribution in [2.24, 2.45) is 0 Å². The van der Waals surface area contributed by atoms with Gasteiger partial charge in [-0.25, -0.2) is 5.10 Å². The second-order valence-electron chi connectivity index (χ2n) is 4.40. The van der Waals surface area contributed by atoms with Gasteiger partial charge in [-0.1, -0.05) is 0 Å². The van der Waals surface area contributed by atoms with Crippen molar-refractivity contribution < 1.29 is 0 Å². The van der Waals surface area contributed by atoms with E-state index < -0.39 is 0 Å². The number of hydrogen-bond donors (Lipinski definition) is 2. The van der Waals surface area contributed by atoms with Crippen LogP contribution in [0.15, 0.2) is 15.5 Å². The molecule has 5 nitrogen and oxygen atoms in total. The topological polar surface area (TPSA) is 61.0 Å². The minimum Gasteiger partial charge on any atom is -0.381 e. The summed E-state index contributed by atoms with van der Waals surface area (Å²) in [5, 5.41) is 9.42. The molecule has 1 unspecified atom stereocenters. The number of H-pyrrole nitrogens is 1. The van der Waals surface area contributed by atoms with Gasteiger partial charge in [-0.05, 0) is 48.8 Å². The van der Waals surface area contributed by atoms with E-state index in [1.54, 1.807) is 6.20 Å². The molecular weight excluding hydrogens is 284 g/mol. The number of nitrogens with one attached hydrogen (secondary N) is 2. The first-order chi connectivity index (χ1) is 8.18. The highest BCUT2D eigenvalue weighted by Crippen LogP contribution is 2.16. The molecule has 0 spiro atoms. The van der Waals surface area contributed by atoms with Gasteiger partial charge in [0.25, 0.3) is 5.56 Å². The molecule has 1 saturated heterocycles. The van der Waals surface area contributed by atoms with Crippen LogP contribution in [-0.2, 0) is 0 Å². The Balaban J connectivity index is 1.93. The predicted octanol–water partition coefficient (Wildman–Crippen LogP) is 1.43. The molecule has 2 rings (SSSR count). The van der Waals surface area contributed by atoms with Gasteiger partial charge in [0.15, 0.2) is 0 Å². The first-order valence-electron chi connectivity index (χ1n) is 5.89. The normalized spacial score (nSPS) is 18.2. The zero-order valence-electron chi connectivity index (χ0n) is 9.87. The van der Waals surface area contributed by atoms with Crippen molar-refractivity contribution in [2.75, 3.05) is 25.0 Å². The number of aromatic nitrogens is 2. The fourth-order valence-corrected chi connectivity index (χ4v) is 2.41. The van der Waals surface area contributed by atoms with Crippen LogP contribution in [0.1, 0.15) is 19.8 Å². The van der Waals surface area contributed by atoms with Crippen LogP contribution in [0.4, 0.5) is 5.69 Å². The number of anilines is 1. The molecule has 0 radical (unpaired) electrons. The standard InChI is InChI=1S/C11H17BrN4O/c1-8(16-4-2-3-5-16)6-13-9-7-14-15-11(17)10(9)12/h7-8H,2-6H2,1H3,(H2,13,15,17). The minimum atomic E-state index is -0.205. The van der Waals surface area contributed by atoms with Crippen molar-refractivity contribution in [3.05, 3.63) is 21.0 Å². The van der Waals surface area contributed by atoms with Gasteiger partial charge < -0.3 is 5.32 Å². The highest BCUT2D eigenvalue weighted by molar-refractivity contribution is 9.10. The Hall–Kier alpha value is -0.880. The lowest BCUT2D eigenvalue weighted by Crippen LogP contribution is -2.35. The van der Waals surface area contributed by atoms with Crippen LogP contribution in [-0.4, -0.2) is 40.8 Å². The third-order valence-electron chi connectivity index (χ3n) is 3.15. The van der Waals surface area contributed by atoms with E-state index in [-0.39, 0.29) is 5.56 Å². The first kappa shape index (κ1) is 12.6. The Morgan fingerprint density at radius 1 is 1.59 bits per heavy atom. The maximum Gasteiger partial charge on any atom is 0.280 e. The van der Waals surface area contributed by atoms with Crippen molar-refractivity contribution in [1.29, 1.82) is 0 Å². The summed E-state index contributed by atoms with van der Waals surface area (Å²) in [4.78, 5) is 13.8. The Labute approximate surface area is 109 Å². The summed E-state index contributed by atoms with van der Waals surface area (Å²) < 4.78 is 0.515. The van der Waals surface area contributed by atoms with E-state index in [9.17, 15) is 4.79 Å². The van der Waals surface area contributed by atoms with Crippen molar-refractivity contribution in [3.8, 4) is 0 Å². The van der Waals surface area contributed by atoms with E-state index >= 15 is 0 Å². The van der Waals surface area contributed by atoms with Gasteiger partial charge in [-0.15, -0.1) is 0 Å². The number of hydrogen-bond acceptors (Lipinski definition) is 4. The fourth-order valence-electron chi connectivity index (χ4n) is 2.08. The molecule has 1 aliphatic rings. The Morgan fingerprint density at radius 2 is 2.29 bits per heavy atom. The summed E-state index contributed by atoms with van der Waals surface area (Å²) >= 11 is 3.25. The highest BCUT2D eigenvalue weighted by atomic mass is 79.9. The molecule has 0 aromatic carbocycles. The van der Waals surface area contributed by atoms with Gasteiger partial charge in [0.1, 0.15) is 4.47 Å². The maximum atomic E-state index is 11.3. The van der Waals surface area contributed by atoms with Crippen LogP contribution in [0.25, 0.3) is 0 Å². The summed E-state index contributed by atoms with van der Waals surface area (Å²) in [5.41, 5.74) is 0.545. The van der Waals surface area contributed by atoms with Crippen LogP contribution in [0.3, 0.4) is 0 Å². The number of rotatable bonds is 4. The SMILES string of the molecule is CC(CNc1cn[nH]c(=O)c1Br)N1CCCC1. The van der Waals surface area contributed by atoms with Gasteiger partial charge in [0, 0.05) is 12.6 Å². The van der Waals surface area contributed by atoms with E-state index in [2.05, 4.69) is 43.3 Å². The number of aromatic amines is 1. The van der Waals surface area contributed by atoms with E-state index in [1.807, 2.05) is 0 Å². The molecule has 94 valence electrons. The quantitative estimate of drug-likeness (QED) is 0.883. The second-order valence-corrected chi connectivity index (χ2v) is 5.19. The minimum absolute atomic E-state index is 0.205. The molecule has 0 amide bonds. The molecule has 0 bridgehead atoms. The Kier molecular flexibility index (Phi) is 4.17. The molecule has 1 atom stereocenters. The average Bonchev–Trinajstić information content (AvgIpc) is 2.84. The van der Waals surface area contributed by atoms with Crippen LogP contribution >= 0.6 is 15.9 Å². The summed E-state index contributed by atoms with van der Waals surface area (Å²) in [7, 11) is 0. The summed E-state index contributed by atoms with van der Waals surface area (Å²) in [6.45, 7) is 5.38. The molecule has 1 aliphatic heterocycles. The van der Waals surface area contributed by atoms with Gasteiger partial charge in [-0.2, -0.15) is 5.10 Å². The monoisotopic (exact) mass is 300 g/mol. The molecule has 2 N–H and O–H groups in total. The maximum absolute atomic E-state index is 11.3. The van der Waals surface area contributed by atoms with Gasteiger partial charge in [0.05, 0.1) is 11.9 Å². The molecule has 1 aromatic rings. The highest BCUT2D eigenvalue weighted by Gasteiger charge is 2.17.